The van der Waals surface area contributed by atoms with Crippen LogP contribution < -0.4 is 10.6 Å². The summed E-state index contributed by atoms with van der Waals surface area (Å²) in [7, 11) is 0. The number of benzene rings is 2. The Balaban J connectivity index is 2.02. The number of hydrogen-bond acceptors (Lipinski definition) is 5. The minimum atomic E-state index is -0.522. The predicted molar refractivity (Wildman–Crippen MR) is 105 cm³/mol. The quantitative estimate of drug-likeness (QED) is 0.371. The van der Waals surface area contributed by atoms with Crippen molar-refractivity contribution in [2.24, 2.45) is 0 Å². The van der Waals surface area contributed by atoms with Crippen molar-refractivity contribution in [1.29, 1.82) is 0 Å². The van der Waals surface area contributed by atoms with Crippen LogP contribution in [0.3, 0.4) is 0 Å². The van der Waals surface area contributed by atoms with E-state index in [1.54, 1.807) is 36.4 Å². The third kappa shape index (κ3) is 6.17. The maximum Gasteiger partial charge on any atom is 0.273 e. The van der Waals surface area contributed by atoms with Crippen molar-refractivity contribution in [2.45, 2.75) is 19.8 Å². The van der Waals surface area contributed by atoms with Gasteiger partial charge in [-0.1, -0.05) is 30.3 Å². The fraction of sp³-hybridized carbons (Fsp3) is 0.300. The van der Waals surface area contributed by atoms with Crippen LogP contribution in [0.1, 0.15) is 29.3 Å². The Kier molecular flexibility index (Phi) is 8.11. The molecule has 2 rings (SSSR count). The fourth-order valence-electron chi connectivity index (χ4n) is 2.61. The van der Waals surface area contributed by atoms with Crippen LogP contribution in [0.2, 0.25) is 0 Å². The number of carbonyl (C=O) groups is 2. The smallest absolute Gasteiger partial charge is 0.273 e. The molecule has 2 aromatic rings. The van der Waals surface area contributed by atoms with E-state index in [-0.39, 0.29) is 18.0 Å². The van der Waals surface area contributed by atoms with Crippen molar-refractivity contribution in [3.8, 4) is 0 Å². The molecular weight excluding hydrogens is 362 g/mol. The molecule has 0 saturated heterocycles. The predicted octanol–water partition coefficient (Wildman–Crippen LogP) is 2.93. The lowest BCUT2D eigenvalue weighted by atomic mass is 10.1. The molecule has 0 fully saturated rings. The van der Waals surface area contributed by atoms with Gasteiger partial charge in [0.15, 0.2) is 0 Å². The van der Waals surface area contributed by atoms with Gasteiger partial charge in [0.2, 0.25) is 5.91 Å². The number of nitro groups is 1. The third-order valence-electron chi connectivity index (χ3n) is 3.94. The highest BCUT2D eigenvalue weighted by molar-refractivity contribution is 6.04. The van der Waals surface area contributed by atoms with Gasteiger partial charge in [-0.05, 0) is 25.5 Å². The Morgan fingerprint density at radius 2 is 1.82 bits per heavy atom. The van der Waals surface area contributed by atoms with Crippen molar-refractivity contribution >= 4 is 23.2 Å². The van der Waals surface area contributed by atoms with Gasteiger partial charge in [0.05, 0.1) is 22.6 Å². The van der Waals surface area contributed by atoms with Crippen molar-refractivity contribution < 1.29 is 19.2 Å². The second-order valence-corrected chi connectivity index (χ2v) is 5.96. The molecule has 0 aliphatic heterocycles. The molecule has 0 aliphatic rings. The van der Waals surface area contributed by atoms with E-state index in [1.165, 1.54) is 12.1 Å². The van der Waals surface area contributed by atoms with E-state index in [9.17, 15) is 19.7 Å². The van der Waals surface area contributed by atoms with Gasteiger partial charge in [-0.2, -0.15) is 0 Å². The number of nitro benzene ring substituents is 1. The van der Waals surface area contributed by atoms with Gasteiger partial charge in [-0.25, -0.2) is 0 Å². The molecule has 0 bridgehead atoms. The Morgan fingerprint density at radius 1 is 1.11 bits per heavy atom. The van der Waals surface area contributed by atoms with Gasteiger partial charge in [0.1, 0.15) is 0 Å². The molecule has 0 atom stereocenters. The second-order valence-electron chi connectivity index (χ2n) is 5.96. The first-order valence-corrected chi connectivity index (χ1v) is 9.00. The molecule has 8 nitrogen and oxygen atoms in total. The van der Waals surface area contributed by atoms with Crippen LogP contribution in [-0.4, -0.2) is 36.5 Å². The summed E-state index contributed by atoms with van der Waals surface area (Å²) >= 11 is 0. The minimum Gasteiger partial charge on any atom is -0.382 e. The molecule has 2 aromatic carbocycles. The zero-order chi connectivity index (χ0) is 20.4. The van der Waals surface area contributed by atoms with Crippen molar-refractivity contribution in [1.82, 2.24) is 5.32 Å². The number of nitrogens with zero attached hydrogens (tertiary/aromatic N) is 1. The van der Waals surface area contributed by atoms with E-state index in [0.717, 1.165) is 0 Å². The normalized spacial score (nSPS) is 10.3. The molecule has 0 heterocycles. The van der Waals surface area contributed by atoms with Crippen LogP contribution in [-0.2, 0) is 16.0 Å². The standard InChI is InChI=1S/C20H23N3O5/c1-2-28-13-7-12-21-20(25)16-9-4-5-10-17(16)22-19(24)14-15-8-3-6-11-18(15)23(26)27/h3-6,8-11H,2,7,12-14H2,1H3,(H,21,25)(H,22,24). The molecule has 2 amide bonds. The van der Waals surface area contributed by atoms with Crippen LogP contribution >= 0.6 is 0 Å². The van der Waals surface area contributed by atoms with Crippen molar-refractivity contribution in [3.05, 3.63) is 69.8 Å². The summed E-state index contributed by atoms with van der Waals surface area (Å²) < 4.78 is 5.22. The highest BCUT2D eigenvalue weighted by atomic mass is 16.6. The zero-order valence-electron chi connectivity index (χ0n) is 15.6. The van der Waals surface area contributed by atoms with E-state index >= 15 is 0 Å². The van der Waals surface area contributed by atoms with Gasteiger partial charge in [0.25, 0.3) is 11.6 Å². The largest absolute Gasteiger partial charge is 0.382 e. The van der Waals surface area contributed by atoms with Crippen LogP contribution in [0.5, 0.6) is 0 Å². The maximum absolute atomic E-state index is 12.4. The monoisotopic (exact) mass is 385 g/mol. The molecule has 148 valence electrons. The summed E-state index contributed by atoms with van der Waals surface area (Å²) in [6, 6.07) is 12.7. The topological polar surface area (TPSA) is 111 Å². The highest BCUT2D eigenvalue weighted by Gasteiger charge is 2.17. The first-order chi connectivity index (χ1) is 13.5. The average molecular weight is 385 g/mol. The van der Waals surface area contributed by atoms with Crippen LogP contribution in [0.25, 0.3) is 0 Å². The summed E-state index contributed by atoms with van der Waals surface area (Å²) in [6.45, 7) is 3.55. The summed E-state index contributed by atoms with van der Waals surface area (Å²) in [4.78, 5) is 35.3. The minimum absolute atomic E-state index is 0.113. The number of hydrogen-bond donors (Lipinski definition) is 2. The van der Waals surface area contributed by atoms with Crippen LogP contribution in [0.15, 0.2) is 48.5 Å². The lowest BCUT2D eigenvalue weighted by Crippen LogP contribution is -2.27. The van der Waals surface area contributed by atoms with Crippen LogP contribution in [0, 0.1) is 10.1 Å². The number of rotatable bonds is 10. The van der Waals surface area contributed by atoms with E-state index < -0.39 is 10.8 Å². The van der Waals surface area contributed by atoms with E-state index in [4.69, 9.17) is 4.74 Å². The first kappa shape index (κ1) is 21.0. The Labute approximate surface area is 163 Å². The lowest BCUT2D eigenvalue weighted by Gasteiger charge is -2.11. The van der Waals surface area contributed by atoms with Gasteiger partial charge < -0.3 is 15.4 Å². The molecule has 2 N–H and O–H groups in total. The SMILES string of the molecule is CCOCCCNC(=O)c1ccccc1NC(=O)Cc1ccccc1[N+](=O)[O-]. The summed E-state index contributed by atoms with van der Waals surface area (Å²) in [5.41, 5.74) is 0.879. The molecule has 28 heavy (non-hydrogen) atoms. The Bertz CT molecular complexity index is 838. The Morgan fingerprint density at radius 3 is 2.57 bits per heavy atom. The molecule has 0 unspecified atom stereocenters. The number of ether oxygens (including phenoxy) is 1. The number of anilines is 1. The van der Waals surface area contributed by atoms with Gasteiger partial charge in [-0.15, -0.1) is 0 Å². The van der Waals surface area contributed by atoms with Crippen LogP contribution in [0.4, 0.5) is 11.4 Å². The summed E-state index contributed by atoms with van der Waals surface area (Å²) in [5, 5.41) is 16.5. The number of para-hydroxylation sites is 2. The second kappa shape index (κ2) is 10.8. The molecule has 0 aliphatic carbocycles. The molecule has 0 aromatic heterocycles. The summed E-state index contributed by atoms with van der Waals surface area (Å²) in [6.07, 6.45) is 0.521. The van der Waals surface area contributed by atoms with Gasteiger partial charge in [0, 0.05) is 31.4 Å². The van der Waals surface area contributed by atoms with E-state index in [0.29, 0.717) is 43.0 Å². The highest BCUT2D eigenvalue weighted by Crippen LogP contribution is 2.20. The van der Waals surface area contributed by atoms with E-state index in [1.807, 2.05) is 6.92 Å². The third-order valence-corrected chi connectivity index (χ3v) is 3.94. The number of amides is 2. The maximum atomic E-state index is 12.4. The molecule has 8 heteroatoms. The molecule has 0 radical (unpaired) electrons. The average Bonchev–Trinajstić information content (AvgIpc) is 2.68. The molecular formula is C20H23N3O5. The fourth-order valence-corrected chi connectivity index (χ4v) is 2.61. The van der Waals surface area contributed by atoms with Gasteiger partial charge >= 0.3 is 0 Å². The first-order valence-electron chi connectivity index (χ1n) is 9.00. The number of carbonyl (C=O) groups excluding carboxylic acids is 2. The van der Waals surface area contributed by atoms with Gasteiger partial charge in [-0.3, -0.25) is 19.7 Å². The van der Waals surface area contributed by atoms with Crippen molar-refractivity contribution in [2.75, 3.05) is 25.1 Å². The summed E-state index contributed by atoms with van der Waals surface area (Å²) in [5.74, 6) is -0.746. The molecule has 0 spiro atoms. The molecule has 0 saturated carbocycles. The Hall–Kier alpha value is -3.26. The van der Waals surface area contributed by atoms with Crippen molar-refractivity contribution in [3.63, 3.8) is 0 Å². The lowest BCUT2D eigenvalue weighted by molar-refractivity contribution is -0.385. The van der Waals surface area contributed by atoms with E-state index in [2.05, 4.69) is 10.6 Å². The zero-order valence-corrected chi connectivity index (χ0v) is 15.6. The number of nitrogens with one attached hydrogen (secondary N) is 2.